The Hall–Kier alpha value is -1.11. The predicted octanol–water partition coefficient (Wildman–Crippen LogP) is 3.87. The van der Waals surface area contributed by atoms with E-state index in [1.807, 2.05) is 12.1 Å². The van der Waals surface area contributed by atoms with E-state index in [9.17, 15) is 4.79 Å². The number of carbonyl (C=O) groups excluding carboxylic acids is 1. The van der Waals surface area contributed by atoms with Crippen molar-refractivity contribution in [2.45, 2.75) is 39.0 Å². The molecule has 17 heavy (non-hydrogen) atoms. The lowest BCUT2D eigenvalue weighted by molar-refractivity contribution is 0.0875. The first-order chi connectivity index (χ1) is 8.28. The molecule has 0 aliphatic heterocycles. The maximum Gasteiger partial charge on any atom is 0.166 e. The third kappa shape index (κ3) is 1.92. The number of hydrogen-bond donors (Lipinski definition) is 0. The highest BCUT2D eigenvalue weighted by atomic mass is 16.1. The molecule has 2 bridgehead atoms. The third-order valence-electron chi connectivity index (χ3n) is 4.72. The van der Waals surface area contributed by atoms with E-state index in [1.165, 1.54) is 24.8 Å². The van der Waals surface area contributed by atoms with Gasteiger partial charge in [0.2, 0.25) is 0 Å². The summed E-state index contributed by atoms with van der Waals surface area (Å²) in [6.45, 7) is 2.15. The highest BCUT2D eigenvalue weighted by molar-refractivity contribution is 5.98. The SMILES string of the molecule is CCc1ccc(C(=O)C2CC3CCC2C3)cc1. The number of ketones is 1. The fraction of sp³-hybridized carbons (Fsp3) is 0.562. The van der Waals surface area contributed by atoms with Crippen LogP contribution in [0.5, 0.6) is 0 Å². The second-order valence-electron chi connectivity index (χ2n) is 5.70. The number of carbonyl (C=O) groups is 1. The summed E-state index contributed by atoms with van der Waals surface area (Å²) in [6, 6.07) is 8.24. The molecule has 2 fully saturated rings. The molecule has 1 aromatic rings. The fourth-order valence-corrected chi connectivity index (χ4v) is 3.68. The highest BCUT2D eigenvalue weighted by Gasteiger charge is 2.42. The zero-order valence-corrected chi connectivity index (χ0v) is 10.5. The Kier molecular flexibility index (Phi) is 2.78. The highest BCUT2D eigenvalue weighted by Crippen LogP contribution is 2.49. The Morgan fingerprint density at radius 1 is 1.18 bits per heavy atom. The molecule has 0 spiro atoms. The number of fused-ring (bicyclic) bond motifs is 2. The van der Waals surface area contributed by atoms with Gasteiger partial charge in [0.1, 0.15) is 0 Å². The number of benzene rings is 1. The molecule has 3 rings (SSSR count). The molecule has 2 saturated carbocycles. The van der Waals surface area contributed by atoms with Crippen molar-refractivity contribution >= 4 is 5.78 Å². The number of rotatable bonds is 3. The van der Waals surface area contributed by atoms with E-state index in [2.05, 4.69) is 19.1 Å². The summed E-state index contributed by atoms with van der Waals surface area (Å²) in [5, 5.41) is 0. The first-order valence-electron chi connectivity index (χ1n) is 6.91. The lowest BCUT2D eigenvalue weighted by Crippen LogP contribution is -2.20. The van der Waals surface area contributed by atoms with Crippen LogP contribution in [0.2, 0.25) is 0 Å². The van der Waals surface area contributed by atoms with Crippen LogP contribution in [0.3, 0.4) is 0 Å². The Labute approximate surface area is 103 Å². The molecule has 1 heteroatoms. The normalized spacial score (nSPS) is 30.8. The molecule has 0 radical (unpaired) electrons. The average molecular weight is 228 g/mol. The molecule has 0 heterocycles. The minimum absolute atomic E-state index is 0.334. The first kappa shape index (κ1) is 11.0. The topological polar surface area (TPSA) is 17.1 Å². The van der Waals surface area contributed by atoms with E-state index < -0.39 is 0 Å². The van der Waals surface area contributed by atoms with Crippen LogP contribution in [0.1, 0.15) is 48.5 Å². The van der Waals surface area contributed by atoms with E-state index >= 15 is 0 Å². The second kappa shape index (κ2) is 4.29. The van der Waals surface area contributed by atoms with Crippen molar-refractivity contribution in [3.63, 3.8) is 0 Å². The van der Waals surface area contributed by atoms with Crippen LogP contribution in [-0.2, 0) is 6.42 Å². The predicted molar refractivity (Wildman–Crippen MR) is 69.1 cm³/mol. The van der Waals surface area contributed by atoms with Crippen LogP contribution in [-0.4, -0.2) is 5.78 Å². The molecule has 1 nitrogen and oxygen atoms in total. The van der Waals surface area contributed by atoms with Crippen molar-refractivity contribution in [1.29, 1.82) is 0 Å². The molecule has 1 aromatic carbocycles. The fourth-order valence-electron chi connectivity index (χ4n) is 3.68. The molecule has 0 saturated heterocycles. The lowest BCUT2D eigenvalue weighted by Gasteiger charge is -2.20. The third-order valence-corrected chi connectivity index (χ3v) is 4.72. The molecule has 0 N–H and O–H groups in total. The summed E-state index contributed by atoms with van der Waals surface area (Å²) >= 11 is 0. The molecule has 0 amide bonds. The van der Waals surface area contributed by atoms with Crippen molar-refractivity contribution in [1.82, 2.24) is 0 Å². The molecule has 90 valence electrons. The summed E-state index contributed by atoms with van der Waals surface area (Å²) in [6.07, 6.45) is 6.16. The van der Waals surface area contributed by atoms with E-state index in [0.717, 1.165) is 24.3 Å². The van der Waals surface area contributed by atoms with Gasteiger partial charge >= 0.3 is 0 Å². The summed E-state index contributed by atoms with van der Waals surface area (Å²) in [4.78, 5) is 12.4. The smallest absolute Gasteiger partial charge is 0.166 e. The van der Waals surface area contributed by atoms with Crippen LogP contribution < -0.4 is 0 Å². The van der Waals surface area contributed by atoms with Gasteiger partial charge in [-0.3, -0.25) is 4.79 Å². The monoisotopic (exact) mass is 228 g/mol. The maximum atomic E-state index is 12.4. The largest absolute Gasteiger partial charge is 0.294 e. The van der Waals surface area contributed by atoms with Crippen LogP contribution >= 0.6 is 0 Å². The Bertz CT molecular complexity index is 418. The molecule has 3 unspecified atom stereocenters. The van der Waals surface area contributed by atoms with Crippen molar-refractivity contribution in [3.05, 3.63) is 35.4 Å². The Balaban J connectivity index is 1.77. The van der Waals surface area contributed by atoms with Crippen molar-refractivity contribution in [2.24, 2.45) is 17.8 Å². The number of aryl methyl sites for hydroxylation is 1. The molecule has 2 aliphatic rings. The average Bonchev–Trinajstić information content (AvgIpc) is 3.00. The van der Waals surface area contributed by atoms with Gasteiger partial charge in [0, 0.05) is 11.5 Å². The quantitative estimate of drug-likeness (QED) is 0.718. The maximum absolute atomic E-state index is 12.4. The van der Waals surface area contributed by atoms with Crippen LogP contribution in [0.15, 0.2) is 24.3 Å². The number of Topliss-reactive ketones (excluding diaryl/α,β-unsaturated/α-hetero) is 1. The van der Waals surface area contributed by atoms with Crippen molar-refractivity contribution in [2.75, 3.05) is 0 Å². The number of hydrogen-bond acceptors (Lipinski definition) is 1. The van der Waals surface area contributed by atoms with Gasteiger partial charge in [0.15, 0.2) is 5.78 Å². The standard InChI is InChI=1S/C16H20O/c1-2-11-3-6-13(7-4-11)16(17)15-10-12-5-8-14(15)9-12/h3-4,6-7,12,14-15H,2,5,8-10H2,1H3. The van der Waals surface area contributed by atoms with Gasteiger partial charge in [-0.05, 0) is 43.1 Å². The summed E-state index contributed by atoms with van der Waals surface area (Å²) in [5.41, 5.74) is 2.24. The minimum atomic E-state index is 0.334. The van der Waals surface area contributed by atoms with E-state index in [4.69, 9.17) is 0 Å². The molecular weight excluding hydrogens is 208 g/mol. The summed E-state index contributed by atoms with van der Waals surface area (Å²) < 4.78 is 0. The van der Waals surface area contributed by atoms with Crippen LogP contribution in [0.4, 0.5) is 0 Å². The lowest BCUT2D eigenvalue weighted by atomic mass is 9.83. The molecule has 3 atom stereocenters. The van der Waals surface area contributed by atoms with E-state index in [-0.39, 0.29) is 0 Å². The minimum Gasteiger partial charge on any atom is -0.294 e. The van der Waals surface area contributed by atoms with Gasteiger partial charge in [0.05, 0.1) is 0 Å². The summed E-state index contributed by atoms with van der Waals surface area (Å²) in [7, 11) is 0. The molecule has 2 aliphatic carbocycles. The second-order valence-corrected chi connectivity index (χ2v) is 5.70. The van der Waals surface area contributed by atoms with Crippen molar-refractivity contribution in [3.8, 4) is 0 Å². The zero-order valence-electron chi connectivity index (χ0n) is 10.5. The van der Waals surface area contributed by atoms with Gasteiger partial charge < -0.3 is 0 Å². The van der Waals surface area contributed by atoms with Gasteiger partial charge in [-0.25, -0.2) is 0 Å². The van der Waals surface area contributed by atoms with Gasteiger partial charge in [-0.2, -0.15) is 0 Å². The van der Waals surface area contributed by atoms with Gasteiger partial charge in [0.25, 0.3) is 0 Å². The summed E-state index contributed by atoms with van der Waals surface area (Å²) in [5.74, 6) is 2.28. The molecule has 0 aromatic heterocycles. The Morgan fingerprint density at radius 3 is 2.47 bits per heavy atom. The van der Waals surface area contributed by atoms with E-state index in [1.54, 1.807) is 0 Å². The van der Waals surface area contributed by atoms with Crippen molar-refractivity contribution < 1.29 is 4.79 Å². The zero-order chi connectivity index (χ0) is 11.8. The van der Waals surface area contributed by atoms with Gasteiger partial charge in [-0.15, -0.1) is 0 Å². The Morgan fingerprint density at radius 2 is 1.94 bits per heavy atom. The van der Waals surface area contributed by atoms with Crippen LogP contribution in [0.25, 0.3) is 0 Å². The van der Waals surface area contributed by atoms with Crippen LogP contribution in [0, 0.1) is 17.8 Å². The van der Waals surface area contributed by atoms with Gasteiger partial charge in [-0.1, -0.05) is 37.6 Å². The van der Waals surface area contributed by atoms with E-state index in [0.29, 0.717) is 17.6 Å². The first-order valence-corrected chi connectivity index (χ1v) is 6.91. The molecular formula is C16H20O.